The monoisotopic (exact) mass is 460 g/mol. The van der Waals surface area contributed by atoms with Crippen molar-refractivity contribution < 1.29 is 4.42 Å². The average molecular weight is 461 g/mol. The minimum absolute atomic E-state index is 0.146. The van der Waals surface area contributed by atoms with Crippen molar-refractivity contribution in [1.82, 2.24) is 20.2 Å². The van der Waals surface area contributed by atoms with Crippen LogP contribution in [0.3, 0.4) is 0 Å². The number of hydrogen-bond acceptors (Lipinski definition) is 4. The topological polar surface area (TPSA) is 54.2 Å². The van der Waals surface area contributed by atoms with Gasteiger partial charge in [-0.2, -0.15) is 0 Å². The van der Waals surface area contributed by atoms with Crippen LogP contribution < -0.4 is 5.32 Å². The molecule has 5 nitrogen and oxygen atoms in total. The van der Waals surface area contributed by atoms with Gasteiger partial charge in [-0.05, 0) is 73.2 Å². The van der Waals surface area contributed by atoms with Crippen LogP contribution in [0.5, 0.6) is 0 Å². The third-order valence-corrected chi connectivity index (χ3v) is 6.23. The Bertz CT molecular complexity index is 1250. The molecule has 32 heavy (non-hydrogen) atoms. The maximum atomic E-state index is 6.41. The summed E-state index contributed by atoms with van der Waals surface area (Å²) in [7, 11) is 0. The van der Waals surface area contributed by atoms with Crippen LogP contribution in [-0.2, 0) is 6.54 Å². The molecule has 3 aromatic heterocycles. The third kappa shape index (κ3) is 3.99. The molecule has 0 radical (unpaired) electrons. The fourth-order valence-electron chi connectivity index (χ4n) is 4.07. The molecule has 0 unspecified atom stereocenters. The highest BCUT2D eigenvalue weighted by molar-refractivity contribution is 7.80. The fourth-order valence-corrected chi connectivity index (χ4v) is 4.54. The Morgan fingerprint density at radius 2 is 1.84 bits per heavy atom. The van der Waals surface area contributed by atoms with Gasteiger partial charge in [-0.3, -0.25) is 9.97 Å². The van der Waals surface area contributed by atoms with Crippen LogP contribution >= 0.6 is 23.8 Å². The van der Waals surface area contributed by atoms with Gasteiger partial charge in [-0.1, -0.05) is 29.8 Å². The number of pyridine rings is 2. The first kappa shape index (κ1) is 20.7. The second-order valence-corrected chi connectivity index (χ2v) is 8.56. The molecule has 1 aliphatic heterocycles. The quantitative estimate of drug-likeness (QED) is 0.376. The van der Waals surface area contributed by atoms with E-state index in [0.717, 1.165) is 34.0 Å². The highest BCUT2D eigenvalue weighted by Gasteiger charge is 2.41. The van der Waals surface area contributed by atoms with Gasteiger partial charge in [0, 0.05) is 23.0 Å². The predicted octanol–water partition coefficient (Wildman–Crippen LogP) is 5.87. The summed E-state index contributed by atoms with van der Waals surface area (Å²) in [6, 6.07) is 21.3. The Morgan fingerprint density at radius 1 is 1.03 bits per heavy atom. The Kier molecular flexibility index (Phi) is 5.64. The van der Waals surface area contributed by atoms with E-state index in [1.165, 1.54) is 0 Å². The van der Waals surface area contributed by atoms with Gasteiger partial charge in [-0.25, -0.2) is 0 Å². The largest absolute Gasteiger partial charge is 0.459 e. The van der Waals surface area contributed by atoms with Gasteiger partial charge in [0.05, 0.1) is 24.0 Å². The van der Waals surface area contributed by atoms with E-state index in [4.69, 9.17) is 28.2 Å². The predicted molar refractivity (Wildman–Crippen MR) is 129 cm³/mol. The fraction of sp³-hybridized carbons (Fsp3) is 0.160. The SMILES string of the molecule is Cc1ccc(Cl)cc1-c1ccc([C@@H]2[C@@H](c3ccccn3)NC(=S)N2Cc2ccccn2)o1. The lowest BCUT2D eigenvalue weighted by molar-refractivity contribution is 0.267. The van der Waals surface area contributed by atoms with Crippen LogP contribution in [0.15, 0.2) is 83.5 Å². The summed E-state index contributed by atoms with van der Waals surface area (Å²) in [6.45, 7) is 2.61. The smallest absolute Gasteiger partial charge is 0.170 e. The molecule has 1 N–H and O–H groups in total. The first-order chi connectivity index (χ1) is 15.6. The van der Waals surface area contributed by atoms with Gasteiger partial charge in [0.15, 0.2) is 5.11 Å². The average Bonchev–Trinajstić information content (AvgIpc) is 3.42. The van der Waals surface area contributed by atoms with Crippen molar-refractivity contribution >= 4 is 28.9 Å². The second kappa shape index (κ2) is 8.73. The molecule has 1 saturated heterocycles. The highest BCUT2D eigenvalue weighted by atomic mass is 35.5. The first-order valence-corrected chi connectivity index (χ1v) is 11.1. The van der Waals surface area contributed by atoms with Crippen molar-refractivity contribution in [2.24, 2.45) is 0 Å². The van der Waals surface area contributed by atoms with E-state index >= 15 is 0 Å². The minimum Gasteiger partial charge on any atom is -0.459 e. The number of aryl methyl sites for hydroxylation is 1. The number of nitrogens with zero attached hydrogens (tertiary/aromatic N) is 3. The molecule has 7 heteroatoms. The Balaban J connectivity index is 1.56. The van der Waals surface area contributed by atoms with Crippen molar-refractivity contribution in [3.8, 4) is 11.3 Å². The number of rotatable bonds is 5. The molecule has 1 aliphatic rings. The standard InChI is InChI=1S/C25H21ClN4OS/c1-16-8-9-17(26)14-19(16)21-10-11-22(31-21)24-23(20-7-3-5-13-28-20)29-25(32)30(24)15-18-6-2-4-12-27-18/h2-14,23-24H,15H2,1H3,(H,29,32)/t23-,24-/m1/s1. The lowest BCUT2D eigenvalue weighted by Gasteiger charge is -2.25. The Hall–Kier alpha value is -3.22. The summed E-state index contributed by atoms with van der Waals surface area (Å²) in [5.41, 5.74) is 3.91. The molecular formula is C25H21ClN4OS. The molecule has 5 rings (SSSR count). The lowest BCUT2D eigenvalue weighted by atomic mass is 10.0. The maximum absolute atomic E-state index is 6.41. The van der Waals surface area contributed by atoms with Crippen LogP contribution in [0.4, 0.5) is 0 Å². The second-order valence-electron chi connectivity index (χ2n) is 7.74. The number of aromatic nitrogens is 2. The molecule has 0 saturated carbocycles. The van der Waals surface area contributed by atoms with Crippen LogP contribution in [0, 0.1) is 6.92 Å². The number of thiocarbonyl (C=S) groups is 1. The lowest BCUT2D eigenvalue weighted by Crippen LogP contribution is -2.29. The van der Waals surface area contributed by atoms with Gasteiger partial charge < -0.3 is 14.6 Å². The van der Waals surface area contributed by atoms with E-state index in [9.17, 15) is 0 Å². The molecule has 160 valence electrons. The maximum Gasteiger partial charge on any atom is 0.170 e. The summed E-state index contributed by atoms with van der Waals surface area (Å²) in [6.07, 6.45) is 3.58. The molecule has 2 atom stereocenters. The molecule has 1 aromatic carbocycles. The van der Waals surface area contributed by atoms with Gasteiger partial charge >= 0.3 is 0 Å². The molecular weight excluding hydrogens is 440 g/mol. The molecule has 0 amide bonds. The van der Waals surface area contributed by atoms with Gasteiger partial charge in [0.25, 0.3) is 0 Å². The number of nitrogens with one attached hydrogen (secondary N) is 1. The number of hydrogen-bond donors (Lipinski definition) is 1. The van der Waals surface area contributed by atoms with Crippen molar-refractivity contribution in [3.05, 3.63) is 107 Å². The summed E-state index contributed by atoms with van der Waals surface area (Å²) >= 11 is 12.0. The van der Waals surface area contributed by atoms with Crippen LogP contribution in [0.1, 0.15) is 34.8 Å². The van der Waals surface area contributed by atoms with E-state index in [-0.39, 0.29) is 12.1 Å². The van der Waals surface area contributed by atoms with Gasteiger partial charge in [0.1, 0.15) is 17.6 Å². The molecule has 4 heterocycles. The van der Waals surface area contributed by atoms with Gasteiger partial charge in [0.2, 0.25) is 0 Å². The summed E-state index contributed by atoms with van der Waals surface area (Å²) in [5, 5.41) is 4.77. The molecule has 0 spiro atoms. The number of halogens is 1. The molecule has 4 aromatic rings. The molecule has 1 fully saturated rings. The summed E-state index contributed by atoms with van der Waals surface area (Å²) < 4.78 is 6.41. The van der Waals surface area contributed by atoms with E-state index < -0.39 is 0 Å². The highest BCUT2D eigenvalue weighted by Crippen LogP contribution is 2.41. The van der Waals surface area contributed by atoms with Crippen molar-refractivity contribution in [2.75, 3.05) is 0 Å². The van der Waals surface area contributed by atoms with Crippen LogP contribution in [-0.4, -0.2) is 20.0 Å². The van der Waals surface area contributed by atoms with E-state index in [1.54, 1.807) is 12.4 Å². The Morgan fingerprint density at radius 3 is 2.59 bits per heavy atom. The molecule has 0 aliphatic carbocycles. The van der Waals surface area contributed by atoms with E-state index in [1.807, 2.05) is 73.7 Å². The van der Waals surface area contributed by atoms with Crippen molar-refractivity contribution in [1.29, 1.82) is 0 Å². The zero-order valence-corrected chi connectivity index (χ0v) is 19.0. The van der Waals surface area contributed by atoms with Crippen LogP contribution in [0.25, 0.3) is 11.3 Å². The normalized spacial score (nSPS) is 18.1. The van der Waals surface area contributed by atoms with Crippen LogP contribution in [0.2, 0.25) is 5.02 Å². The Labute approximate surface area is 197 Å². The van der Waals surface area contributed by atoms with Gasteiger partial charge in [-0.15, -0.1) is 0 Å². The zero-order chi connectivity index (χ0) is 22.1. The number of benzene rings is 1. The van der Waals surface area contributed by atoms with E-state index in [2.05, 4.69) is 20.2 Å². The van der Waals surface area contributed by atoms with Crippen molar-refractivity contribution in [3.63, 3.8) is 0 Å². The summed E-state index contributed by atoms with van der Waals surface area (Å²) in [5.74, 6) is 1.58. The van der Waals surface area contributed by atoms with Crippen molar-refractivity contribution in [2.45, 2.75) is 25.6 Å². The number of furan rings is 1. The third-order valence-electron chi connectivity index (χ3n) is 5.64. The first-order valence-electron chi connectivity index (χ1n) is 10.3. The zero-order valence-electron chi connectivity index (χ0n) is 17.4. The summed E-state index contributed by atoms with van der Waals surface area (Å²) in [4.78, 5) is 11.2. The van der Waals surface area contributed by atoms with E-state index in [0.29, 0.717) is 16.7 Å². The minimum atomic E-state index is -0.173. The molecule has 0 bridgehead atoms.